The number of nitrogens with one attached hydrogen (secondary N) is 1. The third-order valence-corrected chi connectivity index (χ3v) is 4.32. The molecule has 0 unspecified atom stereocenters. The van der Waals surface area contributed by atoms with E-state index in [1.54, 1.807) is 14.0 Å². The Labute approximate surface area is 170 Å². The number of hydrogen-bond donors (Lipinski definition) is 1. The van der Waals surface area contributed by atoms with E-state index in [1.165, 1.54) is 6.20 Å². The van der Waals surface area contributed by atoms with Crippen LogP contribution in [0, 0.1) is 6.92 Å². The van der Waals surface area contributed by atoms with Gasteiger partial charge in [-0.15, -0.1) is 0 Å². The summed E-state index contributed by atoms with van der Waals surface area (Å²) < 4.78 is 16.3. The molecule has 1 N–H and O–H groups in total. The molecule has 0 spiro atoms. The monoisotopic (exact) mass is 395 g/mol. The third kappa shape index (κ3) is 4.56. The van der Waals surface area contributed by atoms with Crippen LogP contribution in [0.4, 0.5) is 11.4 Å². The Hall–Kier alpha value is -3.35. The van der Waals surface area contributed by atoms with E-state index < -0.39 is 5.97 Å². The number of esters is 1. The Balaban J connectivity index is 2.13. The van der Waals surface area contributed by atoms with Gasteiger partial charge in [0.15, 0.2) is 5.65 Å². The second kappa shape index (κ2) is 9.23. The van der Waals surface area contributed by atoms with Crippen LogP contribution in [0.3, 0.4) is 0 Å². The topological polar surface area (TPSA) is 82.6 Å². The molecule has 29 heavy (non-hydrogen) atoms. The lowest BCUT2D eigenvalue weighted by Gasteiger charge is -2.16. The van der Waals surface area contributed by atoms with Crippen molar-refractivity contribution in [2.45, 2.75) is 27.2 Å². The summed E-state index contributed by atoms with van der Waals surface area (Å²) in [7, 11) is 1.61. The molecule has 0 fully saturated rings. The molecule has 2 aromatic heterocycles. The number of ether oxygens (including phenoxy) is 3. The fourth-order valence-corrected chi connectivity index (χ4v) is 2.87. The SMILES string of the molecule is CCCOc1cc2c(Nc3ccc(OC)cc3)c(C(=O)OCC)cnc2nc1C. The van der Waals surface area contributed by atoms with Crippen LogP contribution in [0.25, 0.3) is 11.0 Å². The summed E-state index contributed by atoms with van der Waals surface area (Å²) in [6.07, 6.45) is 2.38. The minimum atomic E-state index is -0.450. The average Bonchev–Trinajstić information content (AvgIpc) is 2.73. The van der Waals surface area contributed by atoms with Crippen LogP contribution in [0.2, 0.25) is 0 Å². The van der Waals surface area contributed by atoms with E-state index in [0.717, 1.165) is 23.6 Å². The van der Waals surface area contributed by atoms with Gasteiger partial charge in [-0.2, -0.15) is 0 Å². The highest BCUT2D eigenvalue weighted by Gasteiger charge is 2.19. The number of hydrogen-bond acceptors (Lipinski definition) is 7. The summed E-state index contributed by atoms with van der Waals surface area (Å²) in [6, 6.07) is 9.29. The molecule has 0 aliphatic rings. The molecule has 3 rings (SSSR count). The van der Waals surface area contributed by atoms with Crippen molar-refractivity contribution < 1.29 is 19.0 Å². The van der Waals surface area contributed by atoms with Gasteiger partial charge in [0, 0.05) is 17.3 Å². The lowest BCUT2D eigenvalue weighted by Crippen LogP contribution is -2.10. The number of fused-ring (bicyclic) bond motifs is 1. The van der Waals surface area contributed by atoms with Gasteiger partial charge in [0.05, 0.1) is 31.7 Å². The Kier molecular flexibility index (Phi) is 6.49. The number of rotatable bonds is 8. The molecule has 0 aliphatic heterocycles. The highest BCUT2D eigenvalue weighted by molar-refractivity contribution is 6.05. The molecule has 7 heteroatoms. The Morgan fingerprint density at radius 3 is 2.59 bits per heavy atom. The van der Waals surface area contributed by atoms with Gasteiger partial charge in [0.2, 0.25) is 0 Å². The van der Waals surface area contributed by atoms with Gasteiger partial charge in [0.1, 0.15) is 17.1 Å². The van der Waals surface area contributed by atoms with Crippen LogP contribution in [0.5, 0.6) is 11.5 Å². The second-order valence-electron chi connectivity index (χ2n) is 6.41. The van der Waals surface area contributed by atoms with Gasteiger partial charge in [-0.1, -0.05) is 6.92 Å². The maximum Gasteiger partial charge on any atom is 0.341 e. The highest BCUT2D eigenvalue weighted by atomic mass is 16.5. The summed E-state index contributed by atoms with van der Waals surface area (Å²) in [6.45, 7) is 6.55. The van der Waals surface area contributed by atoms with Crippen molar-refractivity contribution in [3.63, 3.8) is 0 Å². The number of aryl methyl sites for hydroxylation is 1. The molecular formula is C22H25N3O4. The van der Waals surface area contributed by atoms with Gasteiger partial charge >= 0.3 is 5.97 Å². The van der Waals surface area contributed by atoms with Crippen LogP contribution in [-0.4, -0.2) is 36.3 Å². The van der Waals surface area contributed by atoms with Gasteiger partial charge < -0.3 is 19.5 Å². The number of anilines is 2. The van der Waals surface area contributed by atoms with E-state index in [1.807, 2.05) is 44.2 Å². The number of aromatic nitrogens is 2. The first-order valence-electron chi connectivity index (χ1n) is 9.58. The van der Waals surface area contributed by atoms with E-state index in [0.29, 0.717) is 34.6 Å². The number of carbonyl (C=O) groups excluding carboxylic acids is 1. The number of pyridine rings is 2. The average molecular weight is 395 g/mol. The lowest BCUT2D eigenvalue weighted by molar-refractivity contribution is 0.0527. The molecule has 7 nitrogen and oxygen atoms in total. The molecule has 0 saturated heterocycles. The predicted octanol–water partition coefficient (Wildman–Crippen LogP) is 4.66. The second-order valence-corrected chi connectivity index (χ2v) is 6.41. The van der Waals surface area contributed by atoms with Gasteiger partial charge in [-0.05, 0) is 50.6 Å². The molecule has 2 heterocycles. The van der Waals surface area contributed by atoms with Crippen molar-refractivity contribution in [2.75, 3.05) is 25.6 Å². The van der Waals surface area contributed by atoms with Crippen molar-refractivity contribution >= 4 is 28.4 Å². The molecule has 152 valence electrons. The third-order valence-electron chi connectivity index (χ3n) is 4.32. The largest absolute Gasteiger partial charge is 0.497 e. The van der Waals surface area contributed by atoms with Crippen LogP contribution < -0.4 is 14.8 Å². The number of nitrogens with zero attached hydrogens (tertiary/aromatic N) is 2. The van der Waals surface area contributed by atoms with Crippen LogP contribution in [0.1, 0.15) is 36.3 Å². The molecule has 0 saturated carbocycles. The number of carbonyl (C=O) groups is 1. The quantitative estimate of drug-likeness (QED) is 0.556. The van der Waals surface area contributed by atoms with Crippen molar-refractivity contribution in [3.8, 4) is 11.5 Å². The van der Waals surface area contributed by atoms with Crippen molar-refractivity contribution in [1.82, 2.24) is 9.97 Å². The minimum absolute atomic E-state index is 0.274. The van der Waals surface area contributed by atoms with E-state index in [-0.39, 0.29) is 6.61 Å². The molecule has 0 bridgehead atoms. The summed E-state index contributed by atoms with van der Waals surface area (Å²) >= 11 is 0. The summed E-state index contributed by atoms with van der Waals surface area (Å²) in [4.78, 5) is 21.5. The summed E-state index contributed by atoms with van der Waals surface area (Å²) in [5.41, 5.74) is 2.98. The summed E-state index contributed by atoms with van der Waals surface area (Å²) in [5.74, 6) is 0.961. The molecule has 3 aromatic rings. The Bertz CT molecular complexity index is 1000. The van der Waals surface area contributed by atoms with Crippen molar-refractivity contribution in [2.24, 2.45) is 0 Å². The molecule has 0 atom stereocenters. The summed E-state index contributed by atoms with van der Waals surface area (Å²) in [5, 5.41) is 4.00. The van der Waals surface area contributed by atoms with Crippen LogP contribution >= 0.6 is 0 Å². The first-order valence-corrected chi connectivity index (χ1v) is 9.58. The number of methoxy groups -OCH3 is 1. The van der Waals surface area contributed by atoms with Crippen LogP contribution in [0.15, 0.2) is 36.5 Å². The van der Waals surface area contributed by atoms with Gasteiger partial charge in [0.25, 0.3) is 0 Å². The smallest absolute Gasteiger partial charge is 0.341 e. The van der Waals surface area contributed by atoms with E-state index in [4.69, 9.17) is 14.2 Å². The van der Waals surface area contributed by atoms with Gasteiger partial charge in [-0.25, -0.2) is 14.8 Å². The Morgan fingerprint density at radius 2 is 1.93 bits per heavy atom. The lowest BCUT2D eigenvalue weighted by atomic mass is 10.1. The van der Waals surface area contributed by atoms with Crippen LogP contribution in [-0.2, 0) is 4.74 Å². The zero-order valence-electron chi connectivity index (χ0n) is 17.1. The standard InChI is InChI=1S/C22H25N3O4/c1-5-11-29-19-12-17-20(25-15-7-9-16(27-4)10-8-15)18(22(26)28-6-2)13-23-21(17)24-14(19)3/h7-10,12-13H,5-6,11H2,1-4H3,(H,23,24,25). The normalized spacial score (nSPS) is 10.6. The van der Waals surface area contributed by atoms with Gasteiger partial charge in [-0.3, -0.25) is 0 Å². The first-order chi connectivity index (χ1) is 14.1. The van der Waals surface area contributed by atoms with E-state index >= 15 is 0 Å². The molecule has 0 aliphatic carbocycles. The zero-order chi connectivity index (χ0) is 20.8. The highest BCUT2D eigenvalue weighted by Crippen LogP contribution is 2.33. The van der Waals surface area contributed by atoms with Crippen molar-refractivity contribution in [3.05, 3.63) is 47.8 Å². The maximum atomic E-state index is 12.5. The number of benzene rings is 1. The molecule has 0 radical (unpaired) electrons. The zero-order valence-corrected chi connectivity index (χ0v) is 17.1. The maximum absolute atomic E-state index is 12.5. The minimum Gasteiger partial charge on any atom is -0.497 e. The molecular weight excluding hydrogens is 370 g/mol. The van der Waals surface area contributed by atoms with Crippen molar-refractivity contribution in [1.29, 1.82) is 0 Å². The molecule has 0 amide bonds. The van der Waals surface area contributed by atoms with E-state index in [9.17, 15) is 4.79 Å². The first kappa shape index (κ1) is 20.4. The van der Waals surface area contributed by atoms with E-state index in [2.05, 4.69) is 15.3 Å². The molecule has 1 aromatic carbocycles. The fourth-order valence-electron chi connectivity index (χ4n) is 2.87. The fraction of sp³-hybridized carbons (Fsp3) is 0.318. The Morgan fingerprint density at radius 1 is 1.17 bits per heavy atom. The predicted molar refractivity (Wildman–Crippen MR) is 112 cm³/mol.